The van der Waals surface area contributed by atoms with Crippen LogP contribution < -0.4 is 5.73 Å². The van der Waals surface area contributed by atoms with Crippen LogP contribution in [0.3, 0.4) is 0 Å². The van der Waals surface area contributed by atoms with E-state index in [2.05, 4.69) is 54.4 Å². The number of hydrogen-bond acceptors (Lipinski definition) is 1. The van der Waals surface area contributed by atoms with E-state index in [0.717, 1.165) is 6.42 Å². The van der Waals surface area contributed by atoms with Crippen LogP contribution in [0.25, 0.3) is 10.8 Å². The van der Waals surface area contributed by atoms with Crippen molar-refractivity contribution in [1.29, 1.82) is 0 Å². The van der Waals surface area contributed by atoms with Crippen LogP contribution in [0.15, 0.2) is 47.5 Å². The smallest absolute Gasteiger partial charge is 0.191 e. The van der Waals surface area contributed by atoms with Gasteiger partial charge in [0.05, 0.1) is 6.04 Å². The molecule has 2 aliphatic rings. The highest BCUT2D eigenvalue weighted by atomic mass is 127. The van der Waals surface area contributed by atoms with Crippen molar-refractivity contribution in [3.05, 3.63) is 48.0 Å². The fraction of sp³-hybridized carbons (Fsp3) is 0.389. The van der Waals surface area contributed by atoms with E-state index in [1.165, 1.54) is 29.2 Å². The van der Waals surface area contributed by atoms with Gasteiger partial charge >= 0.3 is 0 Å². The molecule has 2 aromatic rings. The lowest BCUT2D eigenvalue weighted by atomic mass is 10.0. The lowest BCUT2D eigenvalue weighted by Crippen LogP contribution is -2.36. The SMILES string of the molecule is CN(C(N)=N[C@@H]1C[C@H]1c1cccc2ccccc12)C1CC1.I. The summed E-state index contributed by atoms with van der Waals surface area (Å²) in [6, 6.07) is 16.1. The molecule has 0 aliphatic heterocycles. The minimum Gasteiger partial charge on any atom is -0.370 e. The largest absolute Gasteiger partial charge is 0.370 e. The number of nitrogens with zero attached hydrogens (tertiary/aromatic N) is 2. The third-order valence-electron chi connectivity index (χ3n) is 4.73. The van der Waals surface area contributed by atoms with Gasteiger partial charge in [0.1, 0.15) is 0 Å². The van der Waals surface area contributed by atoms with E-state index in [1.807, 2.05) is 0 Å². The minimum absolute atomic E-state index is 0. The van der Waals surface area contributed by atoms with Crippen LogP contribution in [-0.2, 0) is 0 Å². The van der Waals surface area contributed by atoms with E-state index in [0.29, 0.717) is 24.0 Å². The summed E-state index contributed by atoms with van der Waals surface area (Å²) in [5.74, 6) is 1.24. The topological polar surface area (TPSA) is 41.6 Å². The van der Waals surface area contributed by atoms with Crippen LogP contribution in [-0.4, -0.2) is 30.0 Å². The fourth-order valence-electron chi connectivity index (χ4n) is 3.14. The maximum atomic E-state index is 6.13. The van der Waals surface area contributed by atoms with E-state index < -0.39 is 0 Å². The standard InChI is InChI=1S/C18H21N3.HI/c1-21(13-9-10-13)18(19)20-17-11-16(17)15-8-4-6-12-5-2-3-7-14(12)15;/h2-8,13,16-17H,9-11H2,1H3,(H2,19,20);1H/t16-,17+;/m0./s1. The first kappa shape index (κ1) is 15.6. The van der Waals surface area contributed by atoms with Gasteiger partial charge in [-0.3, -0.25) is 0 Å². The number of rotatable bonds is 3. The maximum absolute atomic E-state index is 6.13. The van der Waals surface area contributed by atoms with E-state index >= 15 is 0 Å². The Bertz CT molecular complexity index is 703. The predicted octanol–water partition coefficient (Wildman–Crippen LogP) is 3.72. The Hall–Kier alpha value is -1.30. The highest BCUT2D eigenvalue weighted by Crippen LogP contribution is 2.46. The molecule has 0 bridgehead atoms. The lowest BCUT2D eigenvalue weighted by Gasteiger charge is -2.16. The molecule has 0 heterocycles. The summed E-state index contributed by atoms with van der Waals surface area (Å²) in [6.07, 6.45) is 3.63. The Morgan fingerprint density at radius 2 is 1.86 bits per heavy atom. The normalized spacial score (nSPS) is 24.0. The number of aliphatic imine (C=N–C) groups is 1. The molecule has 2 saturated carbocycles. The number of hydrogen-bond donors (Lipinski definition) is 1. The van der Waals surface area contributed by atoms with Gasteiger partial charge in [-0.25, -0.2) is 4.99 Å². The van der Waals surface area contributed by atoms with Gasteiger partial charge in [0.25, 0.3) is 0 Å². The van der Waals surface area contributed by atoms with E-state index in [1.54, 1.807) is 0 Å². The van der Waals surface area contributed by atoms with E-state index in [4.69, 9.17) is 10.7 Å². The Balaban J connectivity index is 0.00000144. The second kappa shape index (κ2) is 6.07. The zero-order chi connectivity index (χ0) is 14.4. The number of guanidine groups is 1. The molecule has 2 fully saturated rings. The first-order valence-electron chi connectivity index (χ1n) is 7.78. The molecule has 0 amide bonds. The molecule has 2 aliphatic carbocycles. The minimum atomic E-state index is 0. The average molecular weight is 407 g/mol. The van der Waals surface area contributed by atoms with Gasteiger partial charge in [-0.2, -0.15) is 0 Å². The van der Waals surface area contributed by atoms with Gasteiger partial charge in [-0.05, 0) is 35.6 Å². The highest BCUT2D eigenvalue weighted by molar-refractivity contribution is 14.0. The van der Waals surface area contributed by atoms with Gasteiger partial charge in [0.15, 0.2) is 5.96 Å². The molecule has 2 N–H and O–H groups in total. The summed E-state index contributed by atoms with van der Waals surface area (Å²) in [5.41, 5.74) is 7.55. The summed E-state index contributed by atoms with van der Waals surface area (Å²) in [6.45, 7) is 0. The molecule has 2 atom stereocenters. The van der Waals surface area contributed by atoms with Crippen molar-refractivity contribution in [1.82, 2.24) is 4.90 Å². The summed E-state index contributed by atoms with van der Waals surface area (Å²) in [7, 11) is 2.06. The van der Waals surface area contributed by atoms with Crippen molar-refractivity contribution in [2.24, 2.45) is 10.7 Å². The van der Waals surface area contributed by atoms with Crippen LogP contribution in [0.1, 0.15) is 30.7 Å². The molecule has 22 heavy (non-hydrogen) atoms. The van der Waals surface area contributed by atoms with Crippen LogP contribution in [0, 0.1) is 0 Å². The Morgan fingerprint density at radius 3 is 2.64 bits per heavy atom. The highest BCUT2D eigenvalue weighted by Gasteiger charge is 2.40. The Kier molecular flexibility index (Phi) is 4.30. The molecular weight excluding hydrogens is 385 g/mol. The molecule has 3 nitrogen and oxygen atoms in total. The van der Waals surface area contributed by atoms with Gasteiger partial charge in [-0.15, -0.1) is 24.0 Å². The number of nitrogens with two attached hydrogens (primary N) is 1. The molecule has 0 aromatic heterocycles. The van der Waals surface area contributed by atoms with Gasteiger partial charge in [-0.1, -0.05) is 42.5 Å². The number of benzene rings is 2. The van der Waals surface area contributed by atoms with Crippen molar-refractivity contribution in [2.75, 3.05) is 7.05 Å². The van der Waals surface area contributed by atoms with Gasteiger partial charge in [0, 0.05) is 19.0 Å². The molecule has 0 radical (unpaired) electrons. The summed E-state index contributed by atoms with van der Waals surface area (Å²) >= 11 is 0. The molecule has 4 rings (SSSR count). The van der Waals surface area contributed by atoms with Crippen LogP contribution in [0.2, 0.25) is 0 Å². The van der Waals surface area contributed by atoms with Crippen molar-refractivity contribution < 1.29 is 0 Å². The maximum Gasteiger partial charge on any atom is 0.191 e. The molecule has 0 spiro atoms. The Morgan fingerprint density at radius 1 is 1.14 bits per heavy atom. The monoisotopic (exact) mass is 407 g/mol. The summed E-state index contributed by atoms with van der Waals surface area (Å²) in [4.78, 5) is 6.87. The first-order chi connectivity index (χ1) is 10.2. The van der Waals surface area contributed by atoms with Crippen molar-refractivity contribution >= 4 is 40.7 Å². The Labute approximate surface area is 148 Å². The molecule has 2 aromatic carbocycles. The van der Waals surface area contributed by atoms with Crippen LogP contribution in [0.5, 0.6) is 0 Å². The van der Waals surface area contributed by atoms with Crippen LogP contribution in [0.4, 0.5) is 0 Å². The molecule has 116 valence electrons. The van der Waals surface area contributed by atoms with Crippen molar-refractivity contribution in [3.8, 4) is 0 Å². The molecule has 0 unspecified atom stereocenters. The van der Waals surface area contributed by atoms with Crippen LogP contribution >= 0.6 is 24.0 Å². The molecular formula is C18H22IN3. The first-order valence-corrected chi connectivity index (χ1v) is 7.78. The molecule has 4 heteroatoms. The zero-order valence-corrected chi connectivity index (χ0v) is 15.1. The zero-order valence-electron chi connectivity index (χ0n) is 12.8. The van der Waals surface area contributed by atoms with E-state index in [9.17, 15) is 0 Å². The van der Waals surface area contributed by atoms with Crippen molar-refractivity contribution in [2.45, 2.75) is 37.3 Å². The number of fused-ring (bicyclic) bond motifs is 1. The third-order valence-corrected chi connectivity index (χ3v) is 4.73. The van der Waals surface area contributed by atoms with E-state index in [-0.39, 0.29) is 24.0 Å². The summed E-state index contributed by atoms with van der Waals surface area (Å²) in [5, 5.41) is 2.67. The quantitative estimate of drug-likeness (QED) is 0.479. The summed E-state index contributed by atoms with van der Waals surface area (Å²) < 4.78 is 0. The second-order valence-electron chi connectivity index (χ2n) is 6.31. The van der Waals surface area contributed by atoms with Crippen molar-refractivity contribution in [3.63, 3.8) is 0 Å². The van der Waals surface area contributed by atoms with Gasteiger partial charge < -0.3 is 10.6 Å². The predicted molar refractivity (Wildman–Crippen MR) is 103 cm³/mol. The number of halogens is 1. The lowest BCUT2D eigenvalue weighted by molar-refractivity contribution is 0.487. The molecule has 0 saturated heterocycles. The second-order valence-corrected chi connectivity index (χ2v) is 6.31. The average Bonchev–Trinajstić information content (AvgIpc) is 3.40. The van der Waals surface area contributed by atoms with Gasteiger partial charge in [0.2, 0.25) is 0 Å². The third kappa shape index (κ3) is 2.93. The fourth-order valence-corrected chi connectivity index (χ4v) is 3.14.